The number of nitrogens with zero attached hydrogens (tertiary/aromatic N) is 3. The van der Waals surface area contributed by atoms with E-state index >= 15 is 0 Å². The lowest BCUT2D eigenvalue weighted by Crippen LogP contribution is -2.29. The van der Waals surface area contributed by atoms with Crippen LogP contribution in [0.4, 0.5) is 5.69 Å². The Kier molecular flexibility index (Phi) is 4.67. The molecule has 0 aliphatic rings. The average molecular weight is 348 g/mol. The number of nitriles is 1. The van der Waals surface area contributed by atoms with Gasteiger partial charge in [0, 0.05) is 18.1 Å². The summed E-state index contributed by atoms with van der Waals surface area (Å²) in [4.78, 5) is 25.2. The molecule has 1 atom stereocenters. The number of carbonyl (C=O) groups is 2. The van der Waals surface area contributed by atoms with E-state index in [2.05, 4.69) is 10.4 Å². The third kappa shape index (κ3) is 3.13. The van der Waals surface area contributed by atoms with Crippen molar-refractivity contribution in [3.63, 3.8) is 0 Å². The molecule has 0 spiro atoms. The first-order chi connectivity index (χ1) is 12.5. The first-order valence-electron chi connectivity index (χ1n) is 7.85. The van der Waals surface area contributed by atoms with Crippen molar-refractivity contribution in [2.45, 2.75) is 0 Å². The number of carbonyl (C=O) groups excluding carboxylic acids is 2. The lowest BCUT2D eigenvalue weighted by Gasteiger charge is -2.09. The summed E-state index contributed by atoms with van der Waals surface area (Å²) in [6.07, 6.45) is 0. The number of benzene rings is 2. The molecule has 3 rings (SSSR count). The molecule has 1 heterocycles. The van der Waals surface area contributed by atoms with Gasteiger partial charge >= 0.3 is 0 Å². The number of hydrogen-bond donors (Lipinski definition) is 1. The lowest BCUT2D eigenvalue weighted by atomic mass is 10.00. The van der Waals surface area contributed by atoms with E-state index in [0.29, 0.717) is 16.8 Å². The van der Waals surface area contributed by atoms with E-state index in [1.807, 2.05) is 12.1 Å². The van der Waals surface area contributed by atoms with Gasteiger partial charge in [-0.05, 0) is 30.3 Å². The van der Waals surface area contributed by atoms with Gasteiger partial charge in [0.15, 0.2) is 5.92 Å². The molecular weight excluding hydrogens is 332 g/mol. The van der Waals surface area contributed by atoms with Crippen molar-refractivity contribution < 1.29 is 14.3 Å². The van der Waals surface area contributed by atoms with Crippen molar-refractivity contribution >= 4 is 28.3 Å². The van der Waals surface area contributed by atoms with Gasteiger partial charge in [0.05, 0.1) is 18.7 Å². The number of nitrogens with one attached hydrogen (secondary N) is 1. The molecule has 26 heavy (non-hydrogen) atoms. The van der Waals surface area contributed by atoms with Crippen LogP contribution in [0.25, 0.3) is 10.9 Å². The number of ketones is 1. The Balaban J connectivity index is 1.86. The van der Waals surface area contributed by atoms with Crippen LogP contribution >= 0.6 is 0 Å². The Labute approximate surface area is 149 Å². The minimum atomic E-state index is -1.49. The largest absolute Gasteiger partial charge is 0.497 e. The zero-order chi connectivity index (χ0) is 18.7. The molecule has 0 aliphatic carbocycles. The zero-order valence-electron chi connectivity index (χ0n) is 14.3. The van der Waals surface area contributed by atoms with Gasteiger partial charge in [-0.3, -0.25) is 14.3 Å². The van der Waals surface area contributed by atoms with Gasteiger partial charge in [-0.15, -0.1) is 0 Å². The van der Waals surface area contributed by atoms with Crippen LogP contribution in [-0.4, -0.2) is 28.6 Å². The zero-order valence-corrected chi connectivity index (χ0v) is 14.3. The number of anilines is 1. The minimum absolute atomic E-state index is 0.111. The molecule has 1 N–H and O–H groups in total. The SMILES string of the molecule is COc1ccc(NC(=O)C(C#N)C(=O)c2nn(C)c3ccccc23)cc1. The molecule has 7 nitrogen and oxygen atoms in total. The van der Waals surface area contributed by atoms with Gasteiger partial charge in [-0.25, -0.2) is 0 Å². The maximum atomic E-state index is 12.8. The second kappa shape index (κ2) is 7.07. The molecule has 0 fully saturated rings. The molecule has 1 unspecified atom stereocenters. The summed E-state index contributed by atoms with van der Waals surface area (Å²) in [6.45, 7) is 0. The predicted octanol–water partition coefficient (Wildman–Crippen LogP) is 2.54. The monoisotopic (exact) mass is 348 g/mol. The molecule has 7 heteroatoms. The van der Waals surface area contributed by atoms with E-state index < -0.39 is 17.6 Å². The Morgan fingerprint density at radius 2 is 1.88 bits per heavy atom. The Morgan fingerprint density at radius 1 is 1.19 bits per heavy atom. The second-order valence-electron chi connectivity index (χ2n) is 5.63. The second-order valence-corrected chi connectivity index (χ2v) is 5.63. The number of hydrogen-bond acceptors (Lipinski definition) is 5. The highest BCUT2D eigenvalue weighted by Crippen LogP contribution is 2.21. The molecule has 3 aromatic rings. The van der Waals surface area contributed by atoms with Gasteiger partial charge in [0.25, 0.3) is 0 Å². The van der Waals surface area contributed by atoms with Crippen molar-refractivity contribution in [2.75, 3.05) is 12.4 Å². The first kappa shape index (κ1) is 17.2. The number of aryl methyl sites for hydroxylation is 1. The van der Waals surface area contributed by atoms with Gasteiger partial charge in [-0.2, -0.15) is 10.4 Å². The Hall–Kier alpha value is -3.66. The highest BCUT2D eigenvalue weighted by Gasteiger charge is 2.31. The molecule has 130 valence electrons. The number of amides is 1. The highest BCUT2D eigenvalue weighted by molar-refractivity contribution is 6.18. The fourth-order valence-electron chi connectivity index (χ4n) is 2.66. The van der Waals surface area contributed by atoms with Crippen molar-refractivity contribution in [3.8, 4) is 11.8 Å². The lowest BCUT2D eigenvalue weighted by molar-refractivity contribution is -0.117. The standard InChI is InChI=1S/C19H16N4O3/c1-23-16-6-4-3-5-14(16)17(22-23)18(24)15(11-20)19(25)21-12-7-9-13(26-2)10-8-12/h3-10,15H,1-2H3,(H,21,25). The highest BCUT2D eigenvalue weighted by atomic mass is 16.5. The molecule has 0 bridgehead atoms. The van der Waals surface area contributed by atoms with Gasteiger partial charge in [-0.1, -0.05) is 18.2 Å². The van der Waals surface area contributed by atoms with Crippen LogP contribution in [0.3, 0.4) is 0 Å². The van der Waals surface area contributed by atoms with E-state index in [1.54, 1.807) is 54.2 Å². The van der Waals surface area contributed by atoms with Gasteiger partial charge in [0.2, 0.25) is 11.7 Å². The molecule has 1 aromatic heterocycles. The third-order valence-corrected chi connectivity index (χ3v) is 4.00. The van der Waals surface area contributed by atoms with Crippen LogP contribution in [0, 0.1) is 17.2 Å². The number of aromatic nitrogens is 2. The summed E-state index contributed by atoms with van der Waals surface area (Å²) >= 11 is 0. The van der Waals surface area contributed by atoms with E-state index in [1.165, 1.54) is 7.11 Å². The summed E-state index contributed by atoms with van der Waals surface area (Å²) in [6, 6.07) is 15.6. The third-order valence-electron chi connectivity index (χ3n) is 4.00. The Bertz CT molecular complexity index is 1020. The number of fused-ring (bicyclic) bond motifs is 1. The molecular formula is C19H16N4O3. The smallest absolute Gasteiger partial charge is 0.249 e. The molecule has 1 amide bonds. The van der Waals surface area contributed by atoms with Crippen LogP contribution in [0.15, 0.2) is 48.5 Å². The van der Waals surface area contributed by atoms with Gasteiger partial charge in [0.1, 0.15) is 11.4 Å². The predicted molar refractivity (Wildman–Crippen MR) is 95.8 cm³/mol. The van der Waals surface area contributed by atoms with E-state index in [0.717, 1.165) is 5.52 Å². The fourth-order valence-corrected chi connectivity index (χ4v) is 2.66. The average Bonchev–Trinajstić information content (AvgIpc) is 3.00. The Morgan fingerprint density at radius 3 is 2.54 bits per heavy atom. The summed E-state index contributed by atoms with van der Waals surface area (Å²) in [5.74, 6) is -2.18. The summed E-state index contributed by atoms with van der Waals surface area (Å²) < 4.78 is 6.61. The minimum Gasteiger partial charge on any atom is -0.497 e. The van der Waals surface area contributed by atoms with Crippen molar-refractivity contribution in [3.05, 3.63) is 54.2 Å². The summed E-state index contributed by atoms with van der Waals surface area (Å²) in [7, 11) is 3.24. The first-order valence-corrected chi connectivity index (χ1v) is 7.85. The van der Waals surface area contributed by atoms with Crippen molar-refractivity contribution in [1.29, 1.82) is 5.26 Å². The van der Waals surface area contributed by atoms with Crippen LogP contribution in [0.2, 0.25) is 0 Å². The van der Waals surface area contributed by atoms with Crippen molar-refractivity contribution in [1.82, 2.24) is 9.78 Å². The number of methoxy groups -OCH3 is 1. The maximum absolute atomic E-state index is 12.8. The molecule has 0 saturated heterocycles. The van der Waals surface area contributed by atoms with Crippen LogP contribution < -0.4 is 10.1 Å². The number of rotatable bonds is 5. The summed E-state index contributed by atoms with van der Waals surface area (Å²) in [5, 5.41) is 16.8. The van der Waals surface area contributed by atoms with Gasteiger partial charge < -0.3 is 10.1 Å². The molecule has 2 aromatic carbocycles. The number of Topliss-reactive ketones (excluding diaryl/α,β-unsaturated/α-hetero) is 1. The fraction of sp³-hybridized carbons (Fsp3) is 0.158. The normalized spacial score (nSPS) is 11.6. The molecule has 0 aliphatic heterocycles. The topological polar surface area (TPSA) is 97.0 Å². The van der Waals surface area contributed by atoms with Crippen LogP contribution in [0.5, 0.6) is 5.75 Å². The van der Waals surface area contributed by atoms with Crippen LogP contribution in [-0.2, 0) is 11.8 Å². The molecule has 0 radical (unpaired) electrons. The quantitative estimate of drug-likeness (QED) is 0.564. The summed E-state index contributed by atoms with van der Waals surface area (Å²) in [5.41, 5.74) is 1.33. The van der Waals surface area contributed by atoms with E-state index in [-0.39, 0.29) is 5.69 Å². The molecule has 0 saturated carbocycles. The van der Waals surface area contributed by atoms with E-state index in [9.17, 15) is 14.9 Å². The number of ether oxygens (including phenoxy) is 1. The number of para-hydroxylation sites is 1. The van der Waals surface area contributed by atoms with Crippen molar-refractivity contribution in [2.24, 2.45) is 13.0 Å². The van der Waals surface area contributed by atoms with Crippen LogP contribution in [0.1, 0.15) is 10.5 Å². The maximum Gasteiger partial charge on any atom is 0.249 e. The van der Waals surface area contributed by atoms with E-state index in [4.69, 9.17) is 4.74 Å².